The van der Waals surface area contributed by atoms with Crippen LogP contribution in [0.1, 0.15) is 31.2 Å². The third-order valence-corrected chi connectivity index (χ3v) is 4.45. The number of aromatic nitrogens is 1. The van der Waals surface area contributed by atoms with Gasteiger partial charge in [0.2, 0.25) is 5.91 Å². The number of thiazole rings is 1. The molecule has 0 saturated carbocycles. The Bertz CT molecular complexity index is 668. The van der Waals surface area contributed by atoms with Crippen LogP contribution >= 0.6 is 11.3 Å². The van der Waals surface area contributed by atoms with Crippen LogP contribution in [-0.2, 0) is 4.79 Å². The van der Waals surface area contributed by atoms with Gasteiger partial charge in [-0.1, -0.05) is 50.6 Å². The molecular weight excluding hydrogens is 294 g/mol. The van der Waals surface area contributed by atoms with Crippen molar-refractivity contribution in [3.63, 3.8) is 0 Å². The quantitative estimate of drug-likeness (QED) is 0.906. The van der Waals surface area contributed by atoms with Crippen LogP contribution in [0, 0.1) is 19.3 Å². The first kappa shape index (κ1) is 16.6. The largest absolute Gasteiger partial charge is 0.319 e. The van der Waals surface area contributed by atoms with Crippen molar-refractivity contribution >= 4 is 22.4 Å². The summed E-state index contributed by atoms with van der Waals surface area (Å²) in [5, 5.41) is 3.43. The number of benzene rings is 1. The second-order valence-electron chi connectivity index (χ2n) is 6.62. The van der Waals surface area contributed by atoms with Gasteiger partial charge in [0.15, 0.2) is 5.13 Å². The SMILES string of the molecule is Cc1ccc(-c2nc(NC(=O)[C@@H](N)C(C)(C)C)sc2C)cc1. The van der Waals surface area contributed by atoms with Gasteiger partial charge in [-0.2, -0.15) is 0 Å². The summed E-state index contributed by atoms with van der Waals surface area (Å²) >= 11 is 1.47. The Kier molecular flexibility index (Phi) is 4.68. The van der Waals surface area contributed by atoms with E-state index in [2.05, 4.69) is 29.4 Å². The lowest BCUT2D eigenvalue weighted by Gasteiger charge is -2.25. The lowest BCUT2D eigenvalue weighted by Crippen LogP contribution is -2.45. The Balaban J connectivity index is 2.20. The van der Waals surface area contributed by atoms with Crippen LogP contribution in [0.3, 0.4) is 0 Å². The highest BCUT2D eigenvalue weighted by molar-refractivity contribution is 7.16. The standard InChI is InChI=1S/C17H23N3OS/c1-10-6-8-12(9-7-10)13-11(2)22-16(19-13)20-15(21)14(18)17(3,4)5/h6-9,14H,18H2,1-5H3,(H,19,20,21)/t14-/m1/s1. The molecular formula is C17H23N3OS. The summed E-state index contributed by atoms with van der Waals surface area (Å²) in [4.78, 5) is 17.8. The molecule has 118 valence electrons. The van der Waals surface area contributed by atoms with Crippen LogP contribution in [0.25, 0.3) is 11.3 Å². The Morgan fingerprint density at radius 2 is 1.82 bits per heavy atom. The van der Waals surface area contributed by atoms with Crippen molar-refractivity contribution in [1.82, 2.24) is 4.98 Å². The fraction of sp³-hybridized carbons (Fsp3) is 0.412. The molecule has 0 radical (unpaired) electrons. The molecule has 0 aliphatic carbocycles. The monoisotopic (exact) mass is 317 g/mol. The summed E-state index contributed by atoms with van der Waals surface area (Å²) in [6, 6.07) is 7.64. The van der Waals surface area contributed by atoms with Gasteiger partial charge in [0.05, 0.1) is 11.7 Å². The number of carbonyl (C=O) groups is 1. The van der Waals surface area contributed by atoms with E-state index in [1.807, 2.05) is 39.8 Å². The number of nitrogens with zero attached hydrogens (tertiary/aromatic N) is 1. The summed E-state index contributed by atoms with van der Waals surface area (Å²) in [5.74, 6) is -0.197. The molecule has 1 aromatic carbocycles. The zero-order chi connectivity index (χ0) is 16.5. The first-order valence-electron chi connectivity index (χ1n) is 7.29. The second kappa shape index (κ2) is 6.18. The molecule has 0 unspecified atom stereocenters. The number of hydrogen-bond donors (Lipinski definition) is 2. The van der Waals surface area contributed by atoms with Gasteiger partial charge in [-0.3, -0.25) is 4.79 Å². The molecule has 2 aromatic rings. The van der Waals surface area contributed by atoms with Gasteiger partial charge >= 0.3 is 0 Å². The van der Waals surface area contributed by atoms with E-state index in [1.54, 1.807) is 0 Å². The van der Waals surface area contributed by atoms with Crippen LogP contribution in [0.15, 0.2) is 24.3 Å². The van der Waals surface area contributed by atoms with Crippen molar-refractivity contribution in [3.05, 3.63) is 34.7 Å². The molecule has 3 N–H and O–H groups in total. The van der Waals surface area contributed by atoms with Crippen LogP contribution < -0.4 is 11.1 Å². The number of nitrogens with two attached hydrogens (primary N) is 1. The van der Waals surface area contributed by atoms with E-state index < -0.39 is 6.04 Å². The summed E-state index contributed by atoms with van der Waals surface area (Å²) in [7, 11) is 0. The minimum atomic E-state index is -0.570. The van der Waals surface area contributed by atoms with E-state index in [0.717, 1.165) is 16.1 Å². The van der Waals surface area contributed by atoms with Gasteiger partial charge in [-0.25, -0.2) is 4.98 Å². The Labute approximate surface area is 135 Å². The first-order chi connectivity index (χ1) is 10.2. The van der Waals surface area contributed by atoms with Crippen LogP contribution in [-0.4, -0.2) is 16.9 Å². The van der Waals surface area contributed by atoms with E-state index in [0.29, 0.717) is 5.13 Å². The van der Waals surface area contributed by atoms with Crippen molar-refractivity contribution in [2.24, 2.45) is 11.1 Å². The van der Waals surface area contributed by atoms with Gasteiger partial charge in [0.25, 0.3) is 0 Å². The fourth-order valence-electron chi connectivity index (χ4n) is 2.01. The lowest BCUT2D eigenvalue weighted by molar-refractivity contribution is -0.119. The predicted molar refractivity (Wildman–Crippen MR) is 93.1 cm³/mol. The molecule has 1 aromatic heterocycles. The number of aryl methyl sites for hydroxylation is 2. The van der Waals surface area contributed by atoms with E-state index in [1.165, 1.54) is 16.9 Å². The highest BCUT2D eigenvalue weighted by Gasteiger charge is 2.28. The van der Waals surface area contributed by atoms with Gasteiger partial charge in [0.1, 0.15) is 0 Å². The van der Waals surface area contributed by atoms with Crippen LogP contribution in [0.4, 0.5) is 5.13 Å². The predicted octanol–water partition coefficient (Wildman–Crippen LogP) is 3.74. The number of nitrogens with one attached hydrogen (secondary N) is 1. The molecule has 5 heteroatoms. The number of rotatable bonds is 3. The average molecular weight is 317 g/mol. The molecule has 22 heavy (non-hydrogen) atoms. The Hall–Kier alpha value is -1.72. The summed E-state index contributed by atoms with van der Waals surface area (Å²) < 4.78 is 0. The normalized spacial score (nSPS) is 13.0. The maximum Gasteiger partial charge on any atom is 0.243 e. The summed E-state index contributed by atoms with van der Waals surface area (Å²) in [6.45, 7) is 9.90. The fourth-order valence-corrected chi connectivity index (χ4v) is 2.84. The minimum absolute atomic E-state index is 0.197. The average Bonchev–Trinajstić information content (AvgIpc) is 2.78. The third kappa shape index (κ3) is 3.72. The van der Waals surface area contributed by atoms with E-state index >= 15 is 0 Å². The molecule has 4 nitrogen and oxygen atoms in total. The molecule has 0 saturated heterocycles. The van der Waals surface area contributed by atoms with Crippen molar-refractivity contribution in [1.29, 1.82) is 0 Å². The maximum absolute atomic E-state index is 12.2. The molecule has 0 aliphatic heterocycles. The van der Waals surface area contributed by atoms with E-state index in [4.69, 9.17) is 5.73 Å². The molecule has 0 fully saturated rings. The third-order valence-electron chi connectivity index (χ3n) is 3.57. The molecule has 1 heterocycles. The Morgan fingerprint density at radius 3 is 2.36 bits per heavy atom. The van der Waals surface area contributed by atoms with Gasteiger partial charge < -0.3 is 11.1 Å². The second-order valence-corrected chi connectivity index (χ2v) is 7.83. The zero-order valence-electron chi connectivity index (χ0n) is 13.7. The van der Waals surface area contributed by atoms with Gasteiger partial charge in [-0.15, -0.1) is 11.3 Å². The minimum Gasteiger partial charge on any atom is -0.319 e. The molecule has 0 aliphatic rings. The molecule has 1 amide bonds. The van der Waals surface area contributed by atoms with Crippen LogP contribution in [0.2, 0.25) is 0 Å². The van der Waals surface area contributed by atoms with E-state index in [9.17, 15) is 4.79 Å². The topological polar surface area (TPSA) is 68.0 Å². The highest BCUT2D eigenvalue weighted by Crippen LogP contribution is 2.31. The van der Waals surface area contributed by atoms with E-state index in [-0.39, 0.29) is 11.3 Å². The molecule has 0 bridgehead atoms. The number of anilines is 1. The van der Waals surface area contributed by atoms with Crippen molar-refractivity contribution in [2.75, 3.05) is 5.32 Å². The summed E-state index contributed by atoms with van der Waals surface area (Å²) in [6.07, 6.45) is 0. The highest BCUT2D eigenvalue weighted by atomic mass is 32.1. The maximum atomic E-state index is 12.2. The Morgan fingerprint density at radius 1 is 1.23 bits per heavy atom. The van der Waals surface area contributed by atoms with Crippen molar-refractivity contribution in [3.8, 4) is 11.3 Å². The van der Waals surface area contributed by atoms with Crippen molar-refractivity contribution < 1.29 is 4.79 Å². The van der Waals surface area contributed by atoms with Gasteiger partial charge in [0, 0.05) is 10.4 Å². The lowest BCUT2D eigenvalue weighted by atomic mass is 9.87. The first-order valence-corrected chi connectivity index (χ1v) is 8.11. The van der Waals surface area contributed by atoms with Gasteiger partial charge in [-0.05, 0) is 19.3 Å². The number of carbonyl (C=O) groups excluding carboxylic acids is 1. The smallest absolute Gasteiger partial charge is 0.243 e. The molecule has 2 rings (SSSR count). The molecule has 0 spiro atoms. The number of amides is 1. The van der Waals surface area contributed by atoms with Crippen LogP contribution in [0.5, 0.6) is 0 Å². The zero-order valence-corrected chi connectivity index (χ0v) is 14.5. The number of hydrogen-bond acceptors (Lipinski definition) is 4. The van der Waals surface area contributed by atoms with Crippen molar-refractivity contribution in [2.45, 2.75) is 40.7 Å². The molecule has 1 atom stereocenters. The summed E-state index contributed by atoms with van der Waals surface area (Å²) in [5.41, 5.74) is 8.87.